The molecule has 4 heteroatoms. The molecule has 0 spiro atoms. The van der Waals surface area contributed by atoms with E-state index in [1.165, 1.54) is 0 Å². The zero-order valence-corrected chi connectivity index (χ0v) is 7.83. The maximum atomic E-state index is 10.6. The molecule has 0 radical (unpaired) electrons. The molecule has 3 nitrogen and oxygen atoms in total. The molecule has 2 N–H and O–H groups in total. The Bertz CT molecular complexity index is 251. The molecule has 0 aliphatic rings. The van der Waals surface area contributed by atoms with Crippen molar-refractivity contribution in [3.05, 3.63) is 35.9 Å². The summed E-state index contributed by atoms with van der Waals surface area (Å²) < 4.78 is 4.81. The van der Waals surface area contributed by atoms with Crippen LogP contribution in [-0.4, -0.2) is 12.5 Å². The number of benzene rings is 1. The molecule has 0 saturated heterocycles. The molecule has 1 aromatic rings. The monoisotopic (exact) mass is 200 g/mol. The van der Waals surface area contributed by atoms with Crippen LogP contribution in [0.3, 0.4) is 0 Å². The Morgan fingerprint density at radius 2 is 1.92 bits per heavy atom. The van der Waals surface area contributed by atoms with E-state index in [9.17, 15) is 4.79 Å². The van der Waals surface area contributed by atoms with Gasteiger partial charge in [-0.25, -0.2) is 0 Å². The summed E-state index contributed by atoms with van der Waals surface area (Å²) in [5.41, 5.74) is 6.03. The fourth-order valence-electron chi connectivity index (χ4n) is 0.797. The predicted molar refractivity (Wildman–Crippen MR) is 45.3 cm³/mol. The molecule has 0 atom stereocenters. The summed E-state index contributed by atoms with van der Waals surface area (Å²) in [6.07, 6.45) is 0. The van der Waals surface area contributed by atoms with Crippen molar-refractivity contribution in [3.63, 3.8) is 0 Å². The van der Waals surface area contributed by atoms with Crippen LogP contribution < -0.4 is 18.1 Å². The van der Waals surface area contributed by atoms with Crippen LogP contribution in [0.15, 0.2) is 30.3 Å². The second-order valence-corrected chi connectivity index (χ2v) is 2.35. The molecular formula is C9H11ClNO2-. The van der Waals surface area contributed by atoms with Crippen LogP contribution in [0.2, 0.25) is 0 Å². The average molecular weight is 201 g/mol. The number of rotatable bonds is 3. The number of hydrogen-bond donors (Lipinski definition) is 1. The zero-order valence-electron chi connectivity index (χ0n) is 7.07. The van der Waals surface area contributed by atoms with Crippen molar-refractivity contribution in [2.24, 2.45) is 5.73 Å². The molecule has 0 saturated carbocycles. The van der Waals surface area contributed by atoms with E-state index in [0.717, 1.165) is 5.56 Å². The number of nitrogens with two attached hydrogens (primary N) is 1. The highest BCUT2D eigenvalue weighted by Crippen LogP contribution is 1.99. The Balaban J connectivity index is 0.00000144. The molecule has 0 heterocycles. The molecule has 1 rings (SSSR count). The van der Waals surface area contributed by atoms with Crippen molar-refractivity contribution in [2.45, 2.75) is 6.61 Å². The van der Waals surface area contributed by atoms with E-state index in [-0.39, 0.29) is 24.9 Å². The first-order valence-corrected chi connectivity index (χ1v) is 3.72. The molecule has 0 amide bonds. The molecular weight excluding hydrogens is 190 g/mol. The quantitative estimate of drug-likeness (QED) is 0.558. The summed E-state index contributed by atoms with van der Waals surface area (Å²) in [5.74, 6) is -0.376. The van der Waals surface area contributed by atoms with E-state index in [1.807, 2.05) is 30.3 Å². The normalized spacial score (nSPS) is 8.69. The molecule has 0 unspecified atom stereocenters. The lowest BCUT2D eigenvalue weighted by molar-refractivity contribution is -0.143. The first-order valence-electron chi connectivity index (χ1n) is 3.72. The van der Waals surface area contributed by atoms with Crippen LogP contribution >= 0.6 is 0 Å². The van der Waals surface area contributed by atoms with Crippen LogP contribution in [0.1, 0.15) is 5.56 Å². The lowest BCUT2D eigenvalue weighted by Crippen LogP contribution is -3.00. The standard InChI is InChI=1S/C9H11NO2.ClH/c10-6-9(11)12-7-8-4-2-1-3-5-8;/h1-5H,6-7,10H2;1H/p-1. The van der Waals surface area contributed by atoms with E-state index in [2.05, 4.69) is 0 Å². The highest BCUT2D eigenvalue weighted by molar-refractivity contribution is 5.71. The van der Waals surface area contributed by atoms with Crippen molar-refractivity contribution in [1.29, 1.82) is 0 Å². The predicted octanol–water partition coefficient (Wildman–Crippen LogP) is -2.31. The van der Waals surface area contributed by atoms with E-state index < -0.39 is 0 Å². The molecule has 1 aromatic carbocycles. The lowest BCUT2D eigenvalue weighted by atomic mass is 10.2. The summed E-state index contributed by atoms with van der Waals surface area (Å²) in [6.45, 7) is 0.240. The third-order valence-corrected chi connectivity index (χ3v) is 1.41. The van der Waals surface area contributed by atoms with Crippen LogP contribution in [0, 0.1) is 0 Å². The third-order valence-electron chi connectivity index (χ3n) is 1.41. The summed E-state index contributed by atoms with van der Waals surface area (Å²) in [4.78, 5) is 10.6. The third kappa shape index (κ3) is 4.50. The van der Waals surface area contributed by atoms with Crippen LogP contribution in [0.5, 0.6) is 0 Å². The van der Waals surface area contributed by atoms with E-state index in [4.69, 9.17) is 10.5 Å². The SMILES string of the molecule is NCC(=O)OCc1ccccc1.[Cl-]. The molecule has 0 aliphatic heterocycles. The van der Waals surface area contributed by atoms with Gasteiger partial charge in [-0.15, -0.1) is 0 Å². The second-order valence-electron chi connectivity index (χ2n) is 2.35. The highest BCUT2D eigenvalue weighted by Gasteiger charge is 1.97. The van der Waals surface area contributed by atoms with Crippen molar-refractivity contribution in [3.8, 4) is 0 Å². The van der Waals surface area contributed by atoms with Crippen LogP contribution in [-0.2, 0) is 16.1 Å². The molecule has 13 heavy (non-hydrogen) atoms. The van der Waals surface area contributed by atoms with E-state index in [0.29, 0.717) is 6.61 Å². The van der Waals surface area contributed by atoms with Gasteiger partial charge in [-0.1, -0.05) is 30.3 Å². The van der Waals surface area contributed by atoms with Gasteiger partial charge in [0.15, 0.2) is 0 Å². The van der Waals surface area contributed by atoms with Gasteiger partial charge >= 0.3 is 5.97 Å². The fraction of sp³-hybridized carbons (Fsp3) is 0.222. The first-order chi connectivity index (χ1) is 5.83. The van der Waals surface area contributed by atoms with Gasteiger partial charge in [0, 0.05) is 0 Å². The number of hydrogen-bond acceptors (Lipinski definition) is 3. The number of halogens is 1. The van der Waals surface area contributed by atoms with Crippen molar-refractivity contribution < 1.29 is 21.9 Å². The largest absolute Gasteiger partial charge is 1.00 e. The van der Waals surface area contributed by atoms with Crippen molar-refractivity contribution in [1.82, 2.24) is 0 Å². The summed E-state index contributed by atoms with van der Waals surface area (Å²) in [6, 6.07) is 9.49. The van der Waals surface area contributed by atoms with E-state index in [1.54, 1.807) is 0 Å². The first kappa shape index (κ1) is 11.9. The highest BCUT2D eigenvalue weighted by atomic mass is 35.5. The summed E-state index contributed by atoms with van der Waals surface area (Å²) in [7, 11) is 0. The Morgan fingerprint density at radius 1 is 1.31 bits per heavy atom. The lowest BCUT2D eigenvalue weighted by Gasteiger charge is -2.01. The topological polar surface area (TPSA) is 52.3 Å². The van der Waals surface area contributed by atoms with Crippen LogP contribution in [0.25, 0.3) is 0 Å². The van der Waals surface area contributed by atoms with E-state index >= 15 is 0 Å². The maximum Gasteiger partial charge on any atom is 0.320 e. The Kier molecular flexibility index (Phi) is 5.93. The smallest absolute Gasteiger partial charge is 0.320 e. The van der Waals surface area contributed by atoms with Crippen LogP contribution in [0.4, 0.5) is 0 Å². The maximum absolute atomic E-state index is 10.6. The van der Waals surface area contributed by atoms with Crippen molar-refractivity contribution in [2.75, 3.05) is 6.54 Å². The number of carbonyl (C=O) groups is 1. The van der Waals surface area contributed by atoms with Crippen molar-refractivity contribution >= 4 is 5.97 Å². The Labute approximate surface area is 83.3 Å². The summed E-state index contributed by atoms with van der Waals surface area (Å²) >= 11 is 0. The van der Waals surface area contributed by atoms with Gasteiger partial charge in [-0.05, 0) is 5.56 Å². The molecule has 0 bridgehead atoms. The molecule has 0 fully saturated rings. The minimum absolute atomic E-state index is 0. The minimum atomic E-state index is -0.376. The number of esters is 1. The van der Waals surface area contributed by atoms with Gasteiger partial charge in [-0.3, -0.25) is 4.79 Å². The number of carbonyl (C=O) groups excluding carboxylic acids is 1. The van der Waals surface area contributed by atoms with Gasteiger partial charge in [0.05, 0.1) is 6.54 Å². The summed E-state index contributed by atoms with van der Waals surface area (Å²) in [5, 5.41) is 0. The zero-order chi connectivity index (χ0) is 8.81. The van der Waals surface area contributed by atoms with Gasteiger partial charge in [0.25, 0.3) is 0 Å². The molecule has 72 valence electrons. The van der Waals surface area contributed by atoms with Gasteiger partial charge in [0.2, 0.25) is 0 Å². The fourth-order valence-corrected chi connectivity index (χ4v) is 0.797. The van der Waals surface area contributed by atoms with Gasteiger partial charge in [-0.2, -0.15) is 0 Å². The molecule has 0 aromatic heterocycles. The molecule has 0 aliphatic carbocycles. The Hall–Kier alpha value is -1.06. The van der Waals surface area contributed by atoms with Gasteiger partial charge in [0.1, 0.15) is 6.61 Å². The second kappa shape index (κ2) is 6.46. The Morgan fingerprint density at radius 3 is 2.46 bits per heavy atom. The van der Waals surface area contributed by atoms with Gasteiger partial charge < -0.3 is 22.9 Å². The average Bonchev–Trinajstić information content (AvgIpc) is 2.16. The number of ether oxygens (including phenoxy) is 1. The minimum Gasteiger partial charge on any atom is -1.00 e.